The zero-order valence-electron chi connectivity index (χ0n) is 6.01. The highest BCUT2D eigenvalue weighted by molar-refractivity contribution is 9.00. The lowest BCUT2D eigenvalue weighted by molar-refractivity contribution is 0.506. The summed E-state index contributed by atoms with van der Waals surface area (Å²) in [6, 6.07) is 0. The van der Waals surface area contributed by atoms with E-state index in [0.29, 0.717) is 0 Å². The van der Waals surface area contributed by atoms with E-state index >= 15 is 0 Å². The summed E-state index contributed by atoms with van der Waals surface area (Å²) in [7, 11) is 0.673. The van der Waals surface area contributed by atoms with Crippen LogP contribution in [0.4, 0.5) is 0 Å². The molecule has 1 aromatic heterocycles. The van der Waals surface area contributed by atoms with E-state index < -0.39 is 14.0 Å². The third-order valence-electron chi connectivity index (χ3n) is 0.906. The monoisotopic (exact) mass is 263 g/mol. The molecule has 1 N–H and O–H groups in total. The molecule has 0 spiro atoms. The van der Waals surface area contributed by atoms with Crippen LogP contribution in [0.3, 0.4) is 0 Å². The predicted molar refractivity (Wildman–Crippen MR) is 61.7 cm³/mol. The molecule has 4 unspecified atom stereocenters. The second-order valence-electron chi connectivity index (χ2n) is 1.88. The molecule has 8 heteroatoms. The quantitative estimate of drug-likeness (QED) is 0.605. The van der Waals surface area contributed by atoms with Crippen molar-refractivity contribution in [3.05, 3.63) is 6.66 Å². The van der Waals surface area contributed by atoms with E-state index in [4.69, 9.17) is 0 Å². The smallest absolute Gasteiger partial charge is 0.0494 e. The molecule has 11 heavy (non-hydrogen) atoms. The van der Waals surface area contributed by atoms with Gasteiger partial charge in [0.25, 0.3) is 0 Å². The van der Waals surface area contributed by atoms with Gasteiger partial charge in [0.15, 0.2) is 0 Å². The van der Waals surface area contributed by atoms with Crippen molar-refractivity contribution in [1.82, 2.24) is 0 Å². The molecule has 0 amide bonds. The molecule has 0 bridgehead atoms. The van der Waals surface area contributed by atoms with Gasteiger partial charge in [-0.15, -0.1) is 0 Å². The minimum absolute atomic E-state index is 0.0310. The Labute approximate surface area is 73.5 Å². The summed E-state index contributed by atoms with van der Waals surface area (Å²) < 4.78 is 11.3. The fourth-order valence-corrected chi connectivity index (χ4v) is 46.0. The summed E-state index contributed by atoms with van der Waals surface area (Å²) in [6.07, 6.45) is 1.00. The minimum Gasteiger partial charge on any atom is -0.505 e. The highest BCUT2D eigenvalue weighted by atomic mass is 33.0. The summed E-state index contributed by atoms with van der Waals surface area (Å²) in [4.78, 5) is 9.30. The van der Waals surface area contributed by atoms with Crippen molar-refractivity contribution in [2.75, 3.05) is 6.16 Å². The van der Waals surface area contributed by atoms with Crippen LogP contribution in [0.25, 0.3) is 0 Å². The molecule has 0 radical (unpaired) electrons. The first-order valence-electron chi connectivity index (χ1n) is 2.97. The van der Waals surface area contributed by atoms with Crippen molar-refractivity contribution in [2.45, 2.75) is 6.92 Å². The lowest BCUT2D eigenvalue weighted by Gasteiger charge is -2.40. The Morgan fingerprint density at radius 2 is 2.55 bits per heavy atom. The summed E-state index contributed by atoms with van der Waals surface area (Å²) >= 11 is 0. The van der Waals surface area contributed by atoms with Crippen LogP contribution in [-0.4, -0.2) is 11.1 Å². The maximum Gasteiger partial charge on any atom is 0.0494 e. The van der Waals surface area contributed by atoms with E-state index in [1.807, 2.05) is 0 Å². The summed E-state index contributed by atoms with van der Waals surface area (Å²) in [5.41, 5.74) is 0. The van der Waals surface area contributed by atoms with Gasteiger partial charge in [-0.3, -0.25) is 6.66 Å². The van der Waals surface area contributed by atoms with Crippen LogP contribution in [0, 0.1) is 6.66 Å². The van der Waals surface area contributed by atoms with E-state index in [1.54, 1.807) is 0 Å². The first kappa shape index (κ1) is 11.0. The third kappa shape index (κ3) is 3.67. The first-order valence-corrected chi connectivity index (χ1v) is 15.0. The molecule has 0 fully saturated rings. The van der Waals surface area contributed by atoms with Crippen molar-refractivity contribution in [3.63, 3.8) is 0 Å². The highest BCUT2D eigenvalue weighted by Crippen LogP contribution is 3.02. The predicted octanol–water partition coefficient (Wildman–Crippen LogP) is 5.11. The molecular formula is C3H9O2P6-3. The highest BCUT2D eigenvalue weighted by Gasteiger charge is 2.04. The Morgan fingerprint density at radius 1 is 2.00 bits per heavy atom. The summed E-state index contributed by atoms with van der Waals surface area (Å²) in [5, 5.41) is 0. The van der Waals surface area contributed by atoms with Gasteiger partial charge in [0.05, 0.1) is 0 Å². The molecule has 1 heterocycles. The van der Waals surface area contributed by atoms with Crippen LogP contribution in [0.15, 0.2) is 0 Å². The summed E-state index contributed by atoms with van der Waals surface area (Å²) in [5.74, 6) is 0. The normalized spacial score (nSPS) is 24.1. The molecular weight excluding hydrogens is 254 g/mol. The SMILES string of the molecule is [CH2-]P(=O)(O)P([P-]CC)p1[p-][pH]1. The summed E-state index contributed by atoms with van der Waals surface area (Å²) in [6.45, 7) is 4.82. The van der Waals surface area contributed by atoms with Crippen LogP contribution < -0.4 is 0 Å². The molecule has 0 aliphatic rings. The van der Waals surface area contributed by atoms with Crippen molar-refractivity contribution >= 4 is 44.0 Å². The lowest BCUT2D eigenvalue weighted by atomic mass is 11.0. The van der Waals surface area contributed by atoms with E-state index in [1.165, 1.54) is 15.8 Å². The van der Waals surface area contributed by atoms with Gasteiger partial charge in [0.1, 0.15) is 0 Å². The van der Waals surface area contributed by atoms with E-state index in [0.717, 1.165) is 13.7 Å². The Hall–Kier alpha value is 1.95. The number of hydrogen-bond acceptors (Lipinski definition) is 1. The Balaban J connectivity index is 2.62. The van der Waals surface area contributed by atoms with E-state index in [-0.39, 0.29) is 6.58 Å². The zero-order chi connectivity index (χ0) is 8.48. The zero-order valence-corrected chi connectivity index (χ0v) is 11.5. The Bertz CT molecular complexity index is 230. The average Bonchev–Trinajstić information content (AvgIpc) is 2.61. The maximum absolute atomic E-state index is 11.3. The number of rotatable bonds is 4. The molecule has 0 aliphatic heterocycles. The van der Waals surface area contributed by atoms with E-state index in [2.05, 4.69) is 13.6 Å². The van der Waals surface area contributed by atoms with Gasteiger partial charge in [0.2, 0.25) is 0 Å². The molecule has 0 aliphatic carbocycles. The second-order valence-corrected chi connectivity index (χ2v) is 26.6. The Kier molecular flexibility index (Phi) is 4.46. The molecule has 0 saturated carbocycles. The second kappa shape index (κ2) is 4.45. The van der Waals surface area contributed by atoms with Crippen molar-refractivity contribution in [3.8, 4) is 0 Å². The first-order chi connectivity index (χ1) is 5.05. The molecule has 1 rings (SSSR count). The third-order valence-corrected chi connectivity index (χ3v) is 35.9. The average molecular weight is 263 g/mol. The van der Waals surface area contributed by atoms with Crippen molar-refractivity contribution in [1.29, 1.82) is 0 Å². The number of hydrogen-bond donors (Lipinski definition) is 1. The molecule has 4 atom stereocenters. The van der Waals surface area contributed by atoms with Gasteiger partial charge in [0, 0.05) is 7.06 Å². The molecule has 1 aromatic rings. The molecule has 2 nitrogen and oxygen atoms in total. The topological polar surface area (TPSA) is 37.3 Å². The fourth-order valence-electron chi connectivity index (χ4n) is 0.518. The van der Waals surface area contributed by atoms with Gasteiger partial charge in [-0.2, -0.15) is 6.16 Å². The Morgan fingerprint density at radius 3 is 2.82 bits per heavy atom. The van der Waals surface area contributed by atoms with Crippen LogP contribution in [0.5, 0.6) is 0 Å². The van der Waals surface area contributed by atoms with Crippen LogP contribution in [0.1, 0.15) is 6.92 Å². The van der Waals surface area contributed by atoms with Crippen LogP contribution >= 0.6 is 44.0 Å². The van der Waals surface area contributed by atoms with Gasteiger partial charge in [-0.05, 0) is 0 Å². The van der Waals surface area contributed by atoms with Crippen molar-refractivity contribution in [2.24, 2.45) is 0 Å². The van der Waals surface area contributed by atoms with Crippen LogP contribution in [-0.2, 0) is 4.57 Å². The minimum atomic E-state index is -2.95. The maximum atomic E-state index is 11.3. The standard InChI is InChI=1S/C3H9O2P6/c1-3-6-10(9-7-8-9)11(2,4)5/h7H,2-3H2,1H3,(H,4,5)/q-3. The van der Waals surface area contributed by atoms with Crippen LogP contribution in [0.2, 0.25) is 0 Å². The fraction of sp³-hybridized carbons (Fsp3) is 0.667. The molecule has 66 valence electrons. The van der Waals surface area contributed by atoms with Gasteiger partial charge in [-0.25, -0.2) is 6.99 Å². The van der Waals surface area contributed by atoms with Gasteiger partial charge in [-0.1, -0.05) is 6.92 Å². The largest absolute Gasteiger partial charge is 0.505 e. The molecule has 0 aromatic carbocycles. The van der Waals surface area contributed by atoms with Gasteiger partial charge < -0.3 is 39.4 Å². The lowest BCUT2D eigenvalue weighted by Crippen LogP contribution is -1.62. The van der Waals surface area contributed by atoms with Gasteiger partial charge >= 0.3 is 0 Å². The van der Waals surface area contributed by atoms with E-state index in [9.17, 15) is 9.46 Å². The molecule has 0 saturated heterocycles. The van der Waals surface area contributed by atoms with Crippen molar-refractivity contribution < 1.29 is 9.46 Å².